The molecule has 1 unspecified atom stereocenters. The molecular formula is C12H10BrClINS. The Bertz CT molecular complexity index is 509. The minimum absolute atomic E-state index is 0.193. The molecule has 1 aromatic carbocycles. The molecule has 0 saturated carbocycles. The monoisotopic (exact) mass is 441 g/mol. The quantitative estimate of drug-likeness (QED) is 0.654. The lowest BCUT2D eigenvalue weighted by Gasteiger charge is -2.15. The smallest absolute Gasteiger partial charge is 0.0888 e. The highest BCUT2D eigenvalue weighted by Gasteiger charge is 2.16. The SMILES string of the molecule is CNC(c1cccc(I)c1)c1cc(Cl)c(Br)s1. The van der Waals surface area contributed by atoms with Crippen molar-refractivity contribution in [3.63, 3.8) is 0 Å². The lowest BCUT2D eigenvalue weighted by atomic mass is 10.1. The van der Waals surface area contributed by atoms with Crippen LogP contribution in [0.2, 0.25) is 5.02 Å². The zero-order valence-corrected chi connectivity index (χ0v) is 14.3. The fraction of sp³-hybridized carbons (Fsp3) is 0.167. The van der Waals surface area contributed by atoms with Gasteiger partial charge >= 0.3 is 0 Å². The first kappa shape index (κ1) is 13.8. The van der Waals surface area contributed by atoms with E-state index < -0.39 is 0 Å². The predicted octanol–water partition coefficient (Wildman–Crippen LogP) is 5.08. The second-order valence-electron chi connectivity index (χ2n) is 3.55. The van der Waals surface area contributed by atoms with Crippen LogP contribution in [0.5, 0.6) is 0 Å². The molecule has 0 aliphatic rings. The van der Waals surface area contributed by atoms with E-state index in [1.165, 1.54) is 14.0 Å². The predicted molar refractivity (Wildman–Crippen MR) is 87.1 cm³/mol. The largest absolute Gasteiger partial charge is 0.309 e. The molecule has 0 amide bonds. The Kier molecular flexibility index (Phi) is 4.88. The minimum Gasteiger partial charge on any atom is -0.309 e. The lowest BCUT2D eigenvalue weighted by Crippen LogP contribution is -2.16. The topological polar surface area (TPSA) is 12.0 Å². The molecule has 0 aliphatic heterocycles. The standard InChI is InChI=1S/C12H10BrClINS/c1-16-11(7-3-2-4-8(15)5-7)10-6-9(14)12(13)17-10/h2-6,11,16H,1H3. The summed E-state index contributed by atoms with van der Waals surface area (Å²) in [5.41, 5.74) is 1.25. The highest BCUT2D eigenvalue weighted by molar-refractivity contribution is 14.1. The summed E-state index contributed by atoms with van der Waals surface area (Å²) in [6, 6.07) is 10.7. The van der Waals surface area contributed by atoms with E-state index in [9.17, 15) is 0 Å². The maximum Gasteiger partial charge on any atom is 0.0888 e. The minimum atomic E-state index is 0.193. The van der Waals surface area contributed by atoms with Crippen molar-refractivity contribution in [1.82, 2.24) is 5.32 Å². The van der Waals surface area contributed by atoms with Gasteiger partial charge in [0, 0.05) is 8.45 Å². The lowest BCUT2D eigenvalue weighted by molar-refractivity contribution is 0.703. The Hall–Kier alpha value is 0.380. The molecule has 1 aromatic heterocycles. The average Bonchev–Trinajstić information content (AvgIpc) is 2.60. The van der Waals surface area contributed by atoms with E-state index in [0.29, 0.717) is 0 Å². The van der Waals surface area contributed by atoms with Crippen LogP contribution in [0.4, 0.5) is 0 Å². The Morgan fingerprint density at radius 3 is 2.71 bits per heavy atom. The van der Waals surface area contributed by atoms with Gasteiger partial charge in [0.15, 0.2) is 0 Å². The van der Waals surface area contributed by atoms with Crippen molar-refractivity contribution >= 4 is 61.5 Å². The van der Waals surface area contributed by atoms with E-state index in [1.54, 1.807) is 11.3 Å². The van der Waals surface area contributed by atoms with Gasteiger partial charge in [0.1, 0.15) is 0 Å². The number of benzene rings is 1. The van der Waals surface area contributed by atoms with Gasteiger partial charge in [-0.3, -0.25) is 0 Å². The van der Waals surface area contributed by atoms with Gasteiger partial charge in [0.2, 0.25) is 0 Å². The Morgan fingerprint density at radius 1 is 1.41 bits per heavy atom. The molecular weight excluding hydrogens is 432 g/mol. The van der Waals surface area contributed by atoms with Gasteiger partial charge in [-0.15, -0.1) is 11.3 Å². The molecule has 0 fully saturated rings. The first-order valence-electron chi connectivity index (χ1n) is 4.99. The third-order valence-electron chi connectivity index (χ3n) is 2.42. The highest BCUT2D eigenvalue weighted by Crippen LogP contribution is 2.37. The van der Waals surface area contributed by atoms with E-state index in [2.05, 4.69) is 68.1 Å². The molecule has 1 atom stereocenters. The van der Waals surface area contributed by atoms with E-state index in [-0.39, 0.29) is 6.04 Å². The summed E-state index contributed by atoms with van der Waals surface area (Å²) >= 11 is 13.5. The van der Waals surface area contributed by atoms with Crippen LogP contribution in [0.3, 0.4) is 0 Å². The fourth-order valence-electron chi connectivity index (χ4n) is 1.66. The maximum absolute atomic E-state index is 6.08. The number of nitrogens with one attached hydrogen (secondary N) is 1. The van der Waals surface area contributed by atoms with Crippen molar-refractivity contribution in [3.05, 3.63) is 53.2 Å². The molecule has 0 saturated heterocycles. The summed E-state index contributed by atoms with van der Waals surface area (Å²) < 4.78 is 2.22. The second kappa shape index (κ2) is 6.02. The summed E-state index contributed by atoms with van der Waals surface area (Å²) in [4.78, 5) is 1.21. The Labute approximate surface area is 132 Å². The molecule has 0 radical (unpaired) electrons. The maximum atomic E-state index is 6.08. The molecule has 0 spiro atoms. The normalized spacial score (nSPS) is 12.7. The van der Waals surface area contributed by atoms with Crippen LogP contribution in [0.25, 0.3) is 0 Å². The summed E-state index contributed by atoms with van der Waals surface area (Å²) in [6.45, 7) is 0. The molecule has 5 heteroatoms. The zero-order chi connectivity index (χ0) is 12.4. The van der Waals surface area contributed by atoms with Gasteiger partial charge < -0.3 is 5.32 Å². The number of halogens is 3. The molecule has 2 aromatic rings. The Balaban J connectivity index is 2.39. The van der Waals surface area contributed by atoms with Gasteiger partial charge in [0.25, 0.3) is 0 Å². The van der Waals surface area contributed by atoms with Gasteiger partial charge in [-0.1, -0.05) is 23.7 Å². The summed E-state index contributed by atoms with van der Waals surface area (Å²) in [6.07, 6.45) is 0. The number of rotatable bonds is 3. The molecule has 1 nitrogen and oxygen atoms in total. The Morgan fingerprint density at radius 2 is 2.18 bits per heavy atom. The third-order valence-corrected chi connectivity index (χ3v) is 5.63. The van der Waals surface area contributed by atoms with Crippen LogP contribution >= 0.6 is 61.5 Å². The van der Waals surface area contributed by atoms with E-state index in [0.717, 1.165) is 8.81 Å². The van der Waals surface area contributed by atoms with E-state index in [1.807, 2.05) is 13.1 Å². The second-order valence-corrected chi connectivity index (χ2v) is 7.60. The van der Waals surface area contributed by atoms with Crippen molar-refractivity contribution in [2.24, 2.45) is 0 Å². The van der Waals surface area contributed by atoms with Crippen molar-refractivity contribution in [1.29, 1.82) is 0 Å². The number of thiophene rings is 1. The summed E-state index contributed by atoms with van der Waals surface area (Å²) in [7, 11) is 1.96. The average molecular weight is 443 g/mol. The van der Waals surface area contributed by atoms with Crippen molar-refractivity contribution in [2.45, 2.75) is 6.04 Å². The van der Waals surface area contributed by atoms with Crippen LogP contribution in [0.15, 0.2) is 34.1 Å². The summed E-state index contributed by atoms with van der Waals surface area (Å²) in [5, 5.41) is 4.10. The molecule has 2 rings (SSSR count). The third kappa shape index (κ3) is 3.23. The fourth-order valence-corrected chi connectivity index (χ4v) is 4.12. The molecule has 90 valence electrons. The van der Waals surface area contributed by atoms with Crippen LogP contribution in [-0.2, 0) is 0 Å². The van der Waals surface area contributed by atoms with E-state index >= 15 is 0 Å². The number of hydrogen-bond acceptors (Lipinski definition) is 2. The van der Waals surface area contributed by atoms with Crippen LogP contribution in [0, 0.1) is 3.57 Å². The molecule has 0 bridgehead atoms. The molecule has 17 heavy (non-hydrogen) atoms. The van der Waals surface area contributed by atoms with Crippen molar-refractivity contribution in [2.75, 3.05) is 7.05 Å². The number of hydrogen-bond donors (Lipinski definition) is 1. The molecule has 1 heterocycles. The van der Waals surface area contributed by atoms with Gasteiger partial charge in [-0.2, -0.15) is 0 Å². The van der Waals surface area contributed by atoms with E-state index in [4.69, 9.17) is 11.6 Å². The molecule has 1 N–H and O–H groups in total. The van der Waals surface area contributed by atoms with Gasteiger partial charge in [0.05, 0.1) is 14.9 Å². The molecule has 0 aliphatic carbocycles. The van der Waals surface area contributed by atoms with Gasteiger partial charge in [-0.25, -0.2) is 0 Å². The van der Waals surface area contributed by atoms with Crippen LogP contribution in [0.1, 0.15) is 16.5 Å². The highest BCUT2D eigenvalue weighted by atomic mass is 127. The van der Waals surface area contributed by atoms with Crippen molar-refractivity contribution < 1.29 is 0 Å². The first-order valence-corrected chi connectivity index (χ1v) is 8.06. The summed E-state index contributed by atoms with van der Waals surface area (Å²) in [5.74, 6) is 0. The van der Waals surface area contributed by atoms with Gasteiger partial charge in [-0.05, 0) is 69.3 Å². The van der Waals surface area contributed by atoms with Crippen LogP contribution < -0.4 is 5.32 Å². The first-order chi connectivity index (χ1) is 8.11. The van der Waals surface area contributed by atoms with Crippen LogP contribution in [-0.4, -0.2) is 7.05 Å². The van der Waals surface area contributed by atoms with Crippen molar-refractivity contribution in [3.8, 4) is 0 Å². The zero-order valence-electron chi connectivity index (χ0n) is 9.01.